The summed E-state index contributed by atoms with van der Waals surface area (Å²) in [6.07, 6.45) is 1.84. The monoisotopic (exact) mass is 295 g/mol. The molecule has 1 aromatic heterocycles. The molecule has 1 aliphatic heterocycles. The lowest BCUT2D eigenvalue weighted by Crippen LogP contribution is -2.40. The molecule has 0 unspecified atom stereocenters. The standard InChI is InChI=1S/C13H15ClFN5/c14-11-9(2-1-3-10(11)15)12-17-13(19-18-12)20-6-4-8(16)5-7-20/h1-3,8H,4-7,16H2,(H,17,18,19). The summed E-state index contributed by atoms with van der Waals surface area (Å²) in [4.78, 5) is 6.46. The highest BCUT2D eigenvalue weighted by atomic mass is 35.5. The molecular weight excluding hydrogens is 281 g/mol. The number of anilines is 1. The van der Waals surface area contributed by atoms with Crippen LogP contribution >= 0.6 is 11.6 Å². The molecule has 20 heavy (non-hydrogen) atoms. The highest BCUT2D eigenvalue weighted by molar-refractivity contribution is 6.33. The molecule has 0 bridgehead atoms. The second-order valence-electron chi connectivity index (χ2n) is 4.91. The summed E-state index contributed by atoms with van der Waals surface area (Å²) in [6, 6.07) is 4.87. The van der Waals surface area contributed by atoms with Gasteiger partial charge in [0.1, 0.15) is 5.82 Å². The Morgan fingerprint density at radius 3 is 2.85 bits per heavy atom. The molecule has 1 saturated heterocycles. The number of piperidine rings is 1. The Balaban J connectivity index is 1.85. The Morgan fingerprint density at radius 1 is 1.35 bits per heavy atom. The van der Waals surface area contributed by atoms with Crippen molar-refractivity contribution in [1.29, 1.82) is 0 Å². The van der Waals surface area contributed by atoms with Crippen LogP contribution in [0.2, 0.25) is 5.02 Å². The van der Waals surface area contributed by atoms with Crippen molar-refractivity contribution in [3.63, 3.8) is 0 Å². The lowest BCUT2D eigenvalue weighted by molar-refractivity contribution is 0.496. The molecule has 1 aromatic carbocycles. The number of hydrogen-bond acceptors (Lipinski definition) is 4. The zero-order valence-electron chi connectivity index (χ0n) is 10.8. The molecule has 106 valence electrons. The summed E-state index contributed by atoms with van der Waals surface area (Å²) in [5, 5.41) is 7.05. The quantitative estimate of drug-likeness (QED) is 0.891. The van der Waals surface area contributed by atoms with Crippen molar-refractivity contribution >= 4 is 17.5 Å². The molecule has 0 radical (unpaired) electrons. The van der Waals surface area contributed by atoms with E-state index in [1.165, 1.54) is 6.07 Å². The van der Waals surface area contributed by atoms with Crippen LogP contribution in [0.5, 0.6) is 0 Å². The van der Waals surface area contributed by atoms with Crippen molar-refractivity contribution in [1.82, 2.24) is 15.2 Å². The summed E-state index contributed by atoms with van der Waals surface area (Å²) in [5.74, 6) is 0.609. The first-order valence-corrected chi connectivity index (χ1v) is 6.90. The predicted molar refractivity (Wildman–Crippen MR) is 76.2 cm³/mol. The van der Waals surface area contributed by atoms with Gasteiger partial charge in [0, 0.05) is 24.7 Å². The lowest BCUT2D eigenvalue weighted by Gasteiger charge is -2.28. The van der Waals surface area contributed by atoms with E-state index in [4.69, 9.17) is 17.3 Å². The van der Waals surface area contributed by atoms with Crippen molar-refractivity contribution in [3.8, 4) is 11.4 Å². The van der Waals surface area contributed by atoms with Crippen LogP contribution in [0.15, 0.2) is 18.2 Å². The highest BCUT2D eigenvalue weighted by Crippen LogP contribution is 2.28. The van der Waals surface area contributed by atoms with Gasteiger partial charge in [0.05, 0.1) is 5.02 Å². The van der Waals surface area contributed by atoms with Crippen molar-refractivity contribution in [2.45, 2.75) is 18.9 Å². The SMILES string of the molecule is NC1CCN(c2n[nH]c(-c3cccc(F)c3Cl)n2)CC1. The van der Waals surface area contributed by atoms with Crippen LogP contribution in [-0.4, -0.2) is 34.3 Å². The first kappa shape index (κ1) is 13.3. The van der Waals surface area contributed by atoms with Crippen molar-refractivity contribution in [2.75, 3.05) is 18.0 Å². The largest absolute Gasteiger partial charge is 0.339 e. The Morgan fingerprint density at radius 2 is 2.10 bits per heavy atom. The minimum absolute atomic E-state index is 0.0517. The zero-order chi connectivity index (χ0) is 14.1. The minimum Gasteiger partial charge on any atom is -0.339 e. The van der Waals surface area contributed by atoms with E-state index in [0.717, 1.165) is 25.9 Å². The lowest BCUT2D eigenvalue weighted by atomic mass is 10.1. The number of nitrogens with two attached hydrogens (primary N) is 1. The highest BCUT2D eigenvalue weighted by Gasteiger charge is 2.20. The van der Waals surface area contributed by atoms with Crippen molar-refractivity contribution in [3.05, 3.63) is 29.0 Å². The number of H-pyrrole nitrogens is 1. The third-order valence-electron chi connectivity index (χ3n) is 3.50. The minimum atomic E-state index is -0.467. The normalized spacial score (nSPS) is 16.6. The first-order chi connectivity index (χ1) is 9.65. The van der Waals surface area contributed by atoms with E-state index in [9.17, 15) is 4.39 Å². The molecule has 3 N–H and O–H groups in total. The van der Waals surface area contributed by atoms with Gasteiger partial charge in [-0.25, -0.2) is 4.39 Å². The van der Waals surface area contributed by atoms with Crippen LogP contribution in [0.3, 0.4) is 0 Å². The molecule has 5 nitrogen and oxygen atoms in total. The summed E-state index contributed by atoms with van der Waals surface area (Å²) < 4.78 is 13.5. The van der Waals surface area contributed by atoms with E-state index >= 15 is 0 Å². The number of nitrogens with one attached hydrogen (secondary N) is 1. The van der Waals surface area contributed by atoms with Gasteiger partial charge in [0.2, 0.25) is 5.95 Å². The number of aromatic nitrogens is 3. The average Bonchev–Trinajstić information content (AvgIpc) is 2.92. The fraction of sp³-hybridized carbons (Fsp3) is 0.385. The Bertz CT molecular complexity index is 607. The van der Waals surface area contributed by atoms with Gasteiger partial charge >= 0.3 is 0 Å². The molecule has 0 amide bonds. The Hall–Kier alpha value is -1.66. The number of rotatable bonds is 2. The van der Waals surface area contributed by atoms with Gasteiger partial charge in [0.15, 0.2) is 5.82 Å². The Labute approximate surface area is 120 Å². The number of benzene rings is 1. The average molecular weight is 296 g/mol. The predicted octanol–water partition coefficient (Wildman–Crippen LogP) is 2.19. The van der Waals surface area contributed by atoms with E-state index in [0.29, 0.717) is 17.3 Å². The molecule has 2 aromatic rings. The van der Waals surface area contributed by atoms with Gasteiger partial charge in [-0.3, -0.25) is 5.10 Å². The van der Waals surface area contributed by atoms with Crippen LogP contribution in [0.4, 0.5) is 10.3 Å². The molecule has 2 heterocycles. The fourth-order valence-corrected chi connectivity index (χ4v) is 2.52. The maximum Gasteiger partial charge on any atom is 0.245 e. The maximum atomic E-state index is 13.5. The molecule has 1 fully saturated rings. The van der Waals surface area contributed by atoms with Crippen LogP contribution in [0.1, 0.15) is 12.8 Å². The molecule has 3 rings (SSSR count). The summed E-state index contributed by atoms with van der Waals surface area (Å²) >= 11 is 5.95. The van der Waals surface area contributed by atoms with Gasteiger partial charge < -0.3 is 10.6 Å². The van der Waals surface area contributed by atoms with Crippen LogP contribution in [0, 0.1) is 5.82 Å². The fourth-order valence-electron chi connectivity index (χ4n) is 2.30. The second kappa shape index (κ2) is 5.38. The number of halogens is 2. The number of nitrogens with zero attached hydrogens (tertiary/aromatic N) is 3. The number of hydrogen-bond donors (Lipinski definition) is 2. The molecule has 0 atom stereocenters. The van der Waals surface area contributed by atoms with Crippen LogP contribution < -0.4 is 10.6 Å². The van der Waals surface area contributed by atoms with Crippen LogP contribution in [0.25, 0.3) is 11.4 Å². The zero-order valence-corrected chi connectivity index (χ0v) is 11.6. The van der Waals surface area contributed by atoms with E-state index < -0.39 is 5.82 Å². The molecule has 1 aliphatic rings. The van der Waals surface area contributed by atoms with Crippen LogP contribution in [-0.2, 0) is 0 Å². The molecule has 0 spiro atoms. The molecule has 7 heteroatoms. The van der Waals surface area contributed by atoms with Crippen molar-refractivity contribution in [2.24, 2.45) is 5.73 Å². The van der Waals surface area contributed by atoms with E-state index in [1.807, 2.05) is 0 Å². The van der Waals surface area contributed by atoms with E-state index in [2.05, 4.69) is 20.1 Å². The van der Waals surface area contributed by atoms with Gasteiger partial charge in [-0.2, -0.15) is 4.98 Å². The van der Waals surface area contributed by atoms with Crippen molar-refractivity contribution < 1.29 is 4.39 Å². The topological polar surface area (TPSA) is 70.8 Å². The van der Waals surface area contributed by atoms with Gasteiger partial charge in [0.25, 0.3) is 0 Å². The summed E-state index contributed by atoms with van der Waals surface area (Å²) in [6.45, 7) is 1.66. The molecular formula is C13H15ClFN5. The third-order valence-corrected chi connectivity index (χ3v) is 3.89. The third kappa shape index (κ3) is 2.48. The first-order valence-electron chi connectivity index (χ1n) is 6.52. The Kier molecular flexibility index (Phi) is 3.58. The molecule has 0 aliphatic carbocycles. The van der Waals surface area contributed by atoms with Gasteiger partial charge in [-0.05, 0) is 25.0 Å². The second-order valence-corrected chi connectivity index (χ2v) is 5.29. The maximum absolute atomic E-state index is 13.5. The number of aromatic amines is 1. The summed E-state index contributed by atoms with van der Waals surface area (Å²) in [7, 11) is 0. The molecule has 0 saturated carbocycles. The van der Waals surface area contributed by atoms with E-state index in [-0.39, 0.29) is 11.1 Å². The van der Waals surface area contributed by atoms with Gasteiger partial charge in [-0.1, -0.05) is 17.7 Å². The smallest absolute Gasteiger partial charge is 0.245 e. The van der Waals surface area contributed by atoms with E-state index in [1.54, 1.807) is 12.1 Å². The summed E-state index contributed by atoms with van der Waals surface area (Å²) in [5.41, 5.74) is 6.39. The van der Waals surface area contributed by atoms with Gasteiger partial charge in [-0.15, -0.1) is 5.10 Å².